The number of nitrogens with zero attached hydrogens (tertiary/aromatic N) is 1. The number of aliphatic hydroxyl groups is 1. The molecule has 1 unspecified atom stereocenters. The van der Waals surface area contributed by atoms with E-state index in [1.807, 2.05) is 30.3 Å². The smallest absolute Gasteiger partial charge is 0.257 e. The maximum atomic E-state index is 12.1. The minimum absolute atomic E-state index is 0.415. The van der Waals surface area contributed by atoms with Crippen molar-refractivity contribution in [3.63, 3.8) is 0 Å². The maximum absolute atomic E-state index is 12.1. The van der Waals surface area contributed by atoms with E-state index in [4.69, 9.17) is 0 Å². The molecule has 23 heavy (non-hydrogen) atoms. The molecule has 4 heteroatoms. The molecule has 120 valence electrons. The second-order valence-electron chi connectivity index (χ2n) is 5.90. The SMILES string of the molecule is O=C(Nc1ccc(N2CCCCC2)cc1)C(O)c1ccccc1. The van der Waals surface area contributed by atoms with Crippen LogP contribution in [-0.4, -0.2) is 24.1 Å². The molecule has 1 fully saturated rings. The Labute approximate surface area is 136 Å². The summed E-state index contributed by atoms with van der Waals surface area (Å²) in [7, 11) is 0. The van der Waals surface area contributed by atoms with Gasteiger partial charge in [-0.05, 0) is 49.1 Å². The van der Waals surface area contributed by atoms with Gasteiger partial charge >= 0.3 is 0 Å². The number of piperidine rings is 1. The molecule has 1 atom stereocenters. The summed E-state index contributed by atoms with van der Waals surface area (Å²) in [6, 6.07) is 16.8. The number of hydrogen-bond donors (Lipinski definition) is 2. The molecule has 1 heterocycles. The van der Waals surface area contributed by atoms with Crippen molar-refractivity contribution in [1.29, 1.82) is 0 Å². The van der Waals surface area contributed by atoms with Crippen molar-refractivity contribution in [1.82, 2.24) is 0 Å². The standard InChI is InChI=1S/C19H22N2O2/c22-18(15-7-3-1-4-8-15)19(23)20-16-9-11-17(12-10-16)21-13-5-2-6-14-21/h1,3-4,7-12,18,22H,2,5-6,13-14H2,(H,20,23). The molecule has 2 aromatic rings. The van der Waals surface area contributed by atoms with Gasteiger partial charge in [0.25, 0.3) is 5.91 Å². The number of carbonyl (C=O) groups is 1. The first-order valence-corrected chi connectivity index (χ1v) is 8.13. The zero-order chi connectivity index (χ0) is 16.1. The Kier molecular flexibility index (Phi) is 4.93. The van der Waals surface area contributed by atoms with Crippen LogP contribution in [0.3, 0.4) is 0 Å². The van der Waals surface area contributed by atoms with Crippen molar-refractivity contribution in [2.24, 2.45) is 0 Å². The first-order chi connectivity index (χ1) is 11.2. The second-order valence-corrected chi connectivity index (χ2v) is 5.90. The molecule has 4 nitrogen and oxygen atoms in total. The van der Waals surface area contributed by atoms with Gasteiger partial charge in [-0.2, -0.15) is 0 Å². The van der Waals surface area contributed by atoms with Crippen LogP contribution in [0.4, 0.5) is 11.4 Å². The molecule has 3 rings (SSSR count). The largest absolute Gasteiger partial charge is 0.378 e. The van der Waals surface area contributed by atoms with Crippen LogP contribution in [0.15, 0.2) is 54.6 Å². The Balaban J connectivity index is 1.62. The van der Waals surface area contributed by atoms with Crippen LogP contribution in [0.5, 0.6) is 0 Å². The molecule has 1 amide bonds. The fourth-order valence-corrected chi connectivity index (χ4v) is 2.91. The number of anilines is 2. The van der Waals surface area contributed by atoms with E-state index >= 15 is 0 Å². The Morgan fingerprint density at radius 2 is 1.61 bits per heavy atom. The quantitative estimate of drug-likeness (QED) is 0.910. The summed E-state index contributed by atoms with van der Waals surface area (Å²) in [4.78, 5) is 14.5. The van der Waals surface area contributed by atoms with Gasteiger partial charge in [0, 0.05) is 24.5 Å². The monoisotopic (exact) mass is 310 g/mol. The van der Waals surface area contributed by atoms with Gasteiger partial charge < -0.3 is 15.3 Å². The first-order valence-electron chi connectivity index (χ1n) is 8.13. The number of aliphatic hydroxyl groups excluding tert-OH is 1. The van der Waals surface area contributed by atoms with Gasteiger partial charge in [-0.1, -0.05) is 30.3 Å². The summed E-state index contributed by atoms with van der Waals surface area (Å²) in [6.45, 7) is 2.19. The van der Waals surface area contributed by atoms with Gasteiger partial charge in [0.1, 0.15) is 0 Å². The molecule has 0 saturated carbocycles. The lowest BCUT2D eigenvalue weighted by Crippen LogP contribution is -2.29. The molecule has 0 aromatic heterocycles. The molecule has 1 aliphatic rings. The number of carbonyl (C=O) groups excluding carboxylic acids is 1. The van der Waals surface area contributed by atoms with E-state index in [1.165, 1.54) is 24.9 Å². The molecule has 2 aromatic carbocycles. The van der Waals surface area contributed by atoms with Gasteiger partial charge in [-0.25, -0.2) is 0 Å². The third-order valence-electron chi connectivity index (χ3n) is 4.22. The van der Waals surface area contributed by atoms with E-state index in [2.05, 4.69) is 10.2 Å². The Bertz CT molecular complexity index is 634. The first kappa shape index (κ1) is 15.6. The van der Waals surface area contributed by atoms with Crippen molar-refractivity contribution in [3.05, 3.63) is 60.2 Å². The molecule has 0 radical (unpaired) electrons. The number of nitrogens with one attached hydrogen (secondary N) is 1. The third kappa shape index (κ3) is 3.90. The molecule has 1 saturated heterocycles. The maximum Gasteiger partial charge on any atom is 0.257 e. The summed E-state index contributed by atoms with van der Waals surface area (Å²) >= 11 is 0. The minimum atomic E-state index is -1.15. The Morgan fingerprint density at radius 3 is 2.26 bits per heavy atom. The Hall–Kier alpha value is -2.33. The summed E-state index contributed by atoms with van der Waals surface area (Å²) in [5.74, 6) is -0.415. The zero-order valence-corrected chi connectivity index (χ0v) is 13.1. The van der Waals surface area contributed by atoms with Crippen LogP contribution >= 0.6 is 0 Å². The minimum Gasteiger partial charge on any atom is -0.378 e. The number of benzene rings is 2. The second kappa shape index (κ2) is 7.29. The summed E-state index contributed by atoms with van der Waals surface area (Å²) < 4.78 is 0. The molecular weight excluding hydrogens is 288 g/mol. The van der Waals surface area contributed by atoms with E-state index < -0.39 is 12.0 Å². The van der Waals surface area contributed by atoms with Gasteiger partial charge in [0.2, 0.25) is 0 Å². The highest BCUT2D eigenvalue weighted by Gasteiger charge is 2.17. The third-order valence-corrected chi connectivity index (χ3v) is 4.22. The fraction of sp³-hybridized carbons (Fsp3) is 0.316. The van der Waals surface area contributed by atoms with Gasteiger partial charge in [0.05, 0.1) is 0 Å². The van der Waals surface area contributed by atoms with Crippen LogP contribution in [-0.2, 0) is 4.79 Å². The van der Waals surface area contributed by atoms with Crippen molar-refractivity contribution in [3.8, 4) is 0 Å². The molecule has 0 aliphatic carbocycles. The van der Waals surface area contributed by atoms with Gasteiger partial charge in [-0.15, -0.1) is 0 Å². The van der Waals surface area contributed by atoms with Gasteiger partial charge in [0.15, 0.2) is 6.10 Å². The zero-order valence-electron chi connectivity index (χ0n) is 13.1. The Morgan fingerprint density at radius 1 is 0.957 bits per heavy atom. The van der Waals surface area contributed by atoms with Crippen molar-refractivity contribution in [2.75, 3.05) is 23.3 Å². The highest BCUT2D eigenvalue weighted by molar-refractivity contribution is 5.94. The molecular formula is C19H22N2O2. The highest BCUT2D eigenvalue weighted by Crippen LogP contribution is 2.22. The normalized spacial score (nSPS) is 16.0. The van der Waals surface area contributed by atoms with Crippen LogP contribution in [0.2, 0.25) is 0 Å². The van der Waals surface area contributed by atoms with Crippen molar-refractivity contribution >= 4 is 17.3 Å². The number of amides is 1. The fourth-order valence-electron chi connectivity index (χ4n) is 2.91. The molecule has 0 bridgehead atoms. The summed E-state index contributed by atoms with van der Waals surface area (Å²) in [5, 5.41) is 12.9. The predicted molar refractivity (Wildman–Crippen MR) is 92.5 cm³/mol. The summed E-state index contributed by atoms with van der Waals surface area (Å²) in [5.41, 5.74) is 2.48. The van der Waals surface area contributed by atoms with E-state index in [0.29, 0.717) is 11.3 Å². The lowest BCUT2D eigenvalue weighted by molar-refractivity contribution is -0.124. The van der Waals surface area contributed by atoms with Crippen LogP contribution in [0.25, 0.3) is 0 Å². The summed E-state index contributed by atoms with van der Waals surface area (Å²) in [6.07, 6.45) is 2.63. The number of hydrogen-bond acceptors (Lipinski definition) is 3. The van der Waals surface area contributed by atoms with E-state index in [0.717, 1.165) is 13.1 Å². The molecule has 1 aliphatic heterocycles. The average molecular weight is 310 g/mol. The molecule has 0 spiro atoms. The highest BCUT2D eigenvalue weighted by atomic mass is 16.3. The van der Waals surface area contributed by atoms with E-state index in [9.17, 15) is 9.90 Å². The molecule has 2 N–H and O–H groups in total. The predicted octanol–water partition coefficient (Wildman–Crippen LogP) is 3.35. The van der Waals surface area contributed by atoms with Crippen LogP contribution in [0, 0.1) is 0 Å². The number of rotatable bonds is 4. The van der Waals surface area contributed by atoms with Crippen molar-refractivity contribution in [2.45, 2.75) is 25.4 Å². The van der Waals surface area contributed by atoms with E-state index in [-0.39, 0.29) is 0 Å². The lowest BCUT2D eigenvalue weighted by atomic mass is 10.1. The van der Waals surface area contributed by atoms with Crippen molar-refractivity contribution < 1.29 is 9.90 Å². The lowest BCUT2D eigenvalue weighted by Gasteiger charge is -2.28. The van der Waals surface area contributed by atoms with Crippen LogP contribution < -0.4 is 10.2 Å². The van der Waals surface area contributed by atoms with E-state index in [1.54, 1.807) is 24.3 Å². The topological polar surface area (TPSA) is 52.6 Å². The average Bonchev–Trinajstić information content (AvgIpc) is 2.63. The van der Waals surface area contributed by atoms with Crippen LogP contribution in [0.1, 0.15) is 30.9 Å². The van der Waals surface area contributed by atoms with Gasteiger partial charge in [-0.3, -0.25) is 4.79 Å².